The minimum absolute atomic E-state index is 0.149. The minimum Gasteiger partial charge on any atom is -0.304 e. The third-order valence-corrected chi connectivity index (χ3v) is 4.86. The van der Waals surface area contributed by atoms with Crippen LogP contribution in [0.5, 0.6) is 0 Å². The average Bonchev–Trinajstić information content (AvgIpc) is 2.41. The number of thioether (sulfide) groups is 1. The van der Waals surface area contributed by atoms with Crippen LogP contribution < -0.4 is 0 Å². The Morgan fingerprint density at radius 3 is 3.08 bits per heavy atom. The first-order valence-corrected chi connectivity index (χ1v) is 6.00. The Kier molecular flexibility index (Phi) is 2.00. The van der Waals surface area contributed by atoms with E-state index in [2.05, 4.69) is 0 Å². The number of β-lactam (4-membered cyclic amide) rings is 1. The van der Waals surface area contributed by atoms with E-state index in [9.17, 15) is 9.00 Å². The van der Waals surface area contributed by atoms with Crippen LogP contribution in [0.4, 0.5) is 0 Å². The van der Waals surface area contributed by atoms with Gasteiger partial charge in [-0.1, -0.05) is 18.7 Å². The SMILES string of the molecule is CCS(=O)C1=CN2C(=O)C[C@H]2S1. The summed E-state index contributed by atoms with van der Waals surface area (Å²) in [6.45, 7) is 1.88. The van der Waals surface area contributed by atoms with Crippen LogP contribution in [0.2, 0.25) is 0 Å². The van der Waals surface area contributed by atoms with Gasteiger partial charge in [-0.2, -0.15) is 0 Å². The van der Waals surface area contributed by atoms with E-state index in [1.54, 1.807) is 22.9 Å². The third kappa shape index (κ3) is 1.11. The van der Waals surface area contributed by atoms with Crippen molar-refractivity contribution in [3.63, 3.8) is 0 Å². The molecule has 0 N–H and O–H groups in total. The Morgan fingerprint density at radius 1 is 1.83 bits per heavy atom. The summed E-state index contributed by atoms with van der Waals surface area (Å²) in [5.74, 6) is 0.781. The van der Waals surface area contributed by atoms with Crippen molar-refractivity contribution in [2.75, 3.05) is 5.75 Å². The number of fused-ring (bicyclic) bond motifs is 1. The summed E-state index contributed by atoms with van der Waals surface area (Å²) in [7, 11) is -0.888. The highest BCUT2D eigenvalue weighted by Crippen LogP contribution is 2.42. The van der Waals surface area contributed by atoms with Gasteiger partial charge in [-0.3, -0.25) is 9.00 Å². The van der Waals surface area contributed by atoms with Gasteiger partial charge in [0.15, 0.2) is 0 Å². The first-order chi connectivity index (χ1) is 5.72. The molecule has 2 atom stereocenters. The number of carbonyl (C=O) groups excluding carboxylic acids is 1. The molecule has 2 rings (SSSR count). The zero-order valence-electron chi connectivity index (χ0n) is 6.65. The van der Waals surface area contributed by atoms with Crippen molar-refractivity contribution in [3.8, 4) is 0 Å². The molecule has 2 aliphatic heterocycles. The number of nitrogens with zero attached hydrogens (tertiary/aromatic N) is 1. The molecule has 0 aliphatic carbocycles. The van der Waals surface area contributed by atoms with Gasteiger partial charge in [0.05, 0.1) is 26.8 Å². The smallest absolute Gasteiger partial charge is 0.230 e. The van der Waals surface area contributed by atoms with Crippen molar-refractivity contribution in [3.05, 3.63) is 10.4 Å². The summed E-state index contributed by atoms with van der Waals surface area (Å²) >= 11 is 1.56. The van der Waals surface area contributed by atoms with Crippen LogP contribution in [0.15, 0.2) is 10.4 Å². The molecule has 2 heterocycles. The second-order valence-corrected chi connectivity index (χ2v) is 5.85. The van der Waals surface area contributed by atoms with Crippen molar-refractivity contribution in [1.82, 2.24) is 4.90 Å². The molecule has 0 saturated carbocycles. The number of amides is 1. The highest BCUT2D eigenvalue weighted by atomic mass is 32.2. The van der Waals surface area contributed by atoms with Crippen molar-refractivity contribution < 1.29 is 9.00 Å². The van der Waals surface area contributed by atoms with E-state index in [1.165, 1.54) is 0 Å². The van der Waals surface area contributed by atoms with Crippen LogP contribution in [-0.4, -0.2) is 26.1 Å². The van der Waals surface area contributed by atoms with Crippen molar-refractivity contribution in [2.45, 2.75) is 18.7 Å². The molecule has 3 nitrogen and oxygen atoms in total. The Morgan fingerprint density at radius 2 is 2.58 bits per heavy atom. The zero-order chi connectivity index (χ0) is 8.72. The summed E-state index contributed by atoms with van der Waals surface area (Å²) in [5, 5.41) is 0.253. The van der Waals surface area contributed by atoms with Gasteiger partial charge in [0.1, 0.15) is 0 Å². The maximum Gasteiger partial charge on any atom is 0.230 e. The van der Waals surface area contributed by atoms with Gasteiger partial charge in [0.25, 0.3) is 0 Å². The fraction of sp³-hybridized carbons (Fsp3) is 0.571. The molecule has 1 fully saturated rings. The van der Waals surface area contributed by atoms with Crippen molar-refractivity contribution in [2.24, 2.45) is 0 Å². The second kappa shape index (κ2) is 2.88. The van der Waals surface area contributed by atoms with Crippen LogP contribution in [0.1, 0.15) is 13.3 Å². The van der Waals surface area contributed by atoms with Gasteiger partial charge < -0.3 is 4.90 Å². The van der Waals surface area contributed by atoms with Crippen molar-refractivity contribution in [1.29, 1.82) is 0 Å². The van der Waals surface area contributed by atoms with Crippen molar-refractivity contribution >= 4 is 28.5 Å². The van der Waals surface area contributed by atoms with Gasteiger partial charge >= 0.3 is 0 Å². The minimum atomic E-state index is -0.888. The first kappa shape index (κ1) is 8.31. The Labute approximate surface area is 77.6 Å². The van der Waals surface area contributed by atoms with E-state index >= 15 is 0 Å². The third-order valence-electron chi connectivity index (χ3n) is 1.93. The van der Waals surface area contributed by atoms with Crippen LogP contribution in [0.3, 0.4) is 0 Å². The monoisotopic (exact) mass is 203 g/mol. The Bertz CT molecular complexity index is 287. The molecule has 5 heteroatoms. The maximum atomic E-state index is 11.3. The molecular weight excluding hydrogens is 194 g/mol. The van der Waals surface area contributed by atoms with E-state index in [1.807, 2.05) is 6.92 Å². The van der Waals surface area contributed by atoms with E-state index in [0.29, 0.717) is 12.2 Å². The molecule has 0 aromatic rings. The molecular formula is C7H9NO2S2. The normalized spacial score (nSPS) is 29.4. The lowest BCUT2D eigenvalue weighted by molar-refractivity contribution is -0.137. The summed E-state index contributed by atoms with van der Waals surface area (Å²) in [6.07, 6.45) is 2.34. The largest absolute Gasteiger partial charge is 0.304 e. The lowest BCUT2D eigenvalue weighted by atomic mass is 10.2. The summed E-state index contributed by atoms with van der Waals surface area (Å²) < 4.78 is 12.2. The average molecular weight is 203 g/mol. The maximum absolute atomic E-state index is 11.3. The molecule has 0 radical (unpaired) electrons. The summed E-state index contributed by atoms with van der Waals surface area (Å²) in [4.78, 5) is 12.6. The summed E-state index contributed by atoms with van der Waals surface area (Å²) in [5.41, 5.74) is 0. The highest BCUT2D eigenvalue weighted by molar-refractivity contribution is 8.17. The van der Waals surface area contributed by atoms with Crippen LogP contribution >= 0.6 is 11.8 Å². The van der Waals surface area contributed by atoms with Gasteiger partial charge in [-0.15, -0.1) is 0 Å². The lowest BCUT2D eigenvalue weighted by Crippen LogP contribution is -2.44. The molecule has 1 unspecified atom stereocenters. The summed E-state index contributed by atoms with van der Waals surface area (Å²) in [6, 6.07) is 0. The number of rotatable bonds is 2. The molecule has 0 bridgehead atoms. The van der Waals surface area contributed by atoms with Gasteiger partial charge in [-0.05, 0) is 0 Å². The molecule has 66 valence electrons. The van der Waals surface area contributed by atoms with Crippen LogP contribution in [0, 0.1) is 0 Å². The molecule has 2 aliphatic rings. The molecule has 1 amide bonds. The fourth-order valence-corrected chi connectivity index (χ4v) is 3.78. The predicted octanol–water partition coefficient (Wildman–Crippen LogP) is 0.859. The number of carbonyl (C=O) groups is 1. The van der Waals surface area contributed by atoms with Gasteiger partial charge in [-0.25, -0.2) is 0 Å². The fourth-order valence-electron chi connectivity index (χ4n) is 1.19. The standard InChI is InChI=1S/C7H9NO2S2/c1-2-12(10)7-4-8-5(9)3-6(8)11-7/h4,6H,2-3H2,1H3/t6-,12?/m1/s1. The van der Waals surface area contributed by atoms with Crippen LogP contribution in [0.25, 0.3) is 0 Å². The molecule has 0 aromatic carbocycles. The highest BCUT2D eigenvalue weighted by Gasteiger charge is 2.41. The lowest BCUT2D eigenvalue weighted by Gasteiger charge is -2.31. The second-order valence-electron chi connectivity index (χ2n) is 2.66. The van der Waals surface area contributed by atoms with Crippen LogP contribution in [-0.2, 0) is 15.6 Å². The van der Waals surface area contributed by atoms with Gasteiger partial charge in [0, 0.05) is 12.0 Å². The van der Waals surface area contributed by atoms with E-state index in [4.69, 9.17) is 0 Å². The van der Waals surface area contributed by atoms with E-state index in [-0.39, 0.29) is 11.3 Å². The quantitative estimate of drug-likeness (QED) is 0.625. The Hall–Kier alpha value is -0.290. The van der Waals surface area contributed by atoms with Gasteiger partial charge in [0.2, 0.25) is 5.91 Å². The van der Waals surface area contributed by atoms with E-state index in [0.717, 1.165) is 4.24 Å². The number of hydrogen-bond acceptors (Lipinski definition) is 3. The Balaban J connectivity index is 2.11. The number of hydrogen-bond donors (Lipinski definition) is 0. The van der Waals surface area contributed by atoms with E-state index < -0.39 is 10.8 Å². The zero-order valence-corrected chi connectivity index (χ0v) is 8.28. The predicted molar refractivity (Wildman–Crippen MR) is 49.6 cm³/mol. The molecule has 12 heavy (non-hydrogen) atoms. The topological polar surface area (TPSA) is 37.4 Å². The molecule has 1 saturated heterocycles. The first-order valence-electron chi connectivity index (χ1n) is 3.80. The molecule has 0 spiro atoms. The molecule has 0 aromatic heterocycles.